The van der Waals surface area contributed by atoms with Crippen molar-refractivity contribution >= 4 is 33.0 Å². The largest absolute Gasteiger partial charge is 0.743 e. The molecule has 7 nitrogen and oxygen atoms in total. The number of rotatable bonds is 9. The summed E-state index contributed by atoms with van der Waals surface area (Å²) in [5.41, 5.74) is -0.748. The number of hydrogen-bond acceptors (Lipinski definition) is 7. The van der Waals surface area contributed by atoms with Crippen LogP contribution in [-0.4, -0.2) is 42.4 Å². The van der Waals surface area contributed by atoms with Crippen molar-refractivity contribution in [3.8, 4) is 0 Å². The fraction of sp³-hybridized carbons (Fsp3) is 0.371. The molecular formula is C35H36F2O7S2. The van der Waals surface area contributed by atoms with E-state index in [0.29, 0.717) is 24.7 Å². The summed E-state index contributed by atoms with van der Waals surface area (Å²) in [6, 6.07) is 32.2. The predicted octanol–water partition coefficient (Wildman–Crippen LogP) is 6.76. The van der Waals surface area contributed by atoms with Crippen molar-refractivity contribution in [1.29, 1.82) is 0 Å². The average Bonchev–Trinajstić information content (AvgIpc) is 3.01. The number of carbonyl (C=O) groups is 2. The van der Waals surface area contributed by atoms with E-state index < -0.39 is 45.4 Å². The number of hydrogen-bond donors (Lipinski definition) is 0. The molecule has 3 aromatic carbocycles. The highest BCUT2D eigenvalue weighted by molar-refractivity contribution is 7.97. The minimum Gasteiger partial charge on any atom is -0.743 e. The zero-order chi connectivity index (χ0) is 33.1. The summed E-state index contributed by atoms with van der Waals surface area (Å²) in [5.74, 6) is -2.82. The molecule has 4 aliphatic carbocycles. The number of esters is 2. The van der Waals surface area contributed by atoms with Crippen LogP contribution in [0.1, 0.15) is 39.0 Å². The van der Waals surface area contributed by atoms with E-state index in [1.165, 1.54) is 21.6 Å². The second kappa shape index (κ2) is 13.7. The highest BCUT2D eigenvalue weighted by Gasteiger charge is 2.60. The Bertz CT molecular complexity index is 1540. The van der Waals surface area contributed by atoms with E-state index in [2.05, 4.69) is 102 Å². The first kappa shape index (κ1) is 33.8. The minimum absolute atomic E-state index is 0.0134. The molecule has 3 unspecified atom stereocenters. The molecular weight excluding hydrogens is 635 g/mol. The zero-order valence-electron chi connectivity index (χ0n) is 25.3. The van der Waals surface area contributed by atoms with Crippen molar-refractivity contribution in [2.45, 2.75) is 64.6 Å². The van der Waals surface area contributed by atoms with Gasteiger partial charge in [-0.25, -0.2) is 18.0 Å². The quantitative estimate of drug-likeness (QED) is 0.107. The molecule has 7 rings (SSSR count). The Morgan fingerprint density at radius 3 is 1.70 bits per heavy atom. The maximum absolute atomic E-state index is 13.4. The highest BCUT2D eigenvalue weighted by atomic mass is 32.2. The van der Waals surface area contributed by atoms with E-state index in [-0.39, 0.29) is 22.4 Å². The lowest BCUT2D eigenvalue weighted by Gasteiger charge is -2.59. The van der Waals surface area contributed by atoms with E-state index >= 15 is 0 Å². The summed E-state index contributed by atoms with van der Waals surface area (Å²) in [4.78, 5) is 27.7. The second-order valence-corrected chi connectivity index (χ2v) is 15.7. The molecule has 3 aromatic rings. The average molecular weight is 671 g/mol. The van der Waals surface area contributed by atoms with Crippen LogP contribution in [-0.2, 0) is 40.1 Å². The fourth-order valence-corrected chi connectivity index (χ4v) is 9.59. The zero-order valence-corrected chi connectivity index (χ0v) is 27.0. The fourth-order valence-electron chi connectivity index (χ4n) is 7.22. The van der Waals surface area contributed by atoms with Crippen LogP contribution in [0, 0.1) is 23.7 Å². The van der Waals surface area contributed by atoms with Crippen molar-refractivity contribution in [2.75, 3.05) is 6.61 Å². The summed E-state index contributed by atoms with van der Waals surface area (Å²) >= 11 is 0. The van der Waals surface area contributed by atoms with E-state index in [4.69, 9.17) is 4.74 Å². The van der Waals surface area contributed by atoms with Gasteiger partial charge in [-0.05, 0) is 93.2 Å². The van der Waals surface area contributed by atoms with Crippen LogP contribution >= 0.6 is 0 Å². The molecule has 0 saturated heterocycles. The van der Waals surface area contributed by atoms with Crippen molar-refractivity contribution < 1.29 is 40.8 Å². The van der Waals surface area contributed by atoms with Crippen LogP contribution in [0.5, 0.6) is 0 Å². The maximum Gasteiger partial charge on any atom is 0.428 e. The van der Waals surface area contributed by atoms with Gasteiger partial charge in [-0.15, -0.1) is 0 Å². The topological polar surface area (TPSA) is 110 Å². The van der Waals surface area contributed by atoms with Crippen molar-refractivity contribution in [3.05, 3.63) is 103 Å². The molecule has 0 radical (unpaired) electrons. The Kier molecular flexibility index (Phi) is 10.0. The molecule has 4 aliphatic rings. The number of carbonyl (C=O) groups excluding carboxylic acids is 2. The van der Waals surface area contributed by atoms with Crippen LogP contribution in [0.2, 0.25) is 0 Å². The number of benzene rings is 3. The molecule has 11 heteroatoms. The number of ether oxygens (including phenoxy) is 2. The van der Waals surface area contributed by atoms with Gasteiger partial charge >= 0.3 is 17.2 Å². The lowest BCUT2D eigenvalue weighted by Crippen LogP contribution is -2.60. The van der Waals surface area contributed by atoms with Gasteiger partial charge in [0.1, 0.15) is 5.60 Å². The molecule has 0 heterocycles. The summed E-state index contributed by atoms with van der Waals surface area (Å²) in [5, 5.41) is -5.15. The Hall–Kier alpha value is -3.54. The smallest absolute Gasteiger partial charge is 0.428 e. The maximum atomic E-state index is 13.4. The van der Waals surface area contributed by atoms with Crippen LogP contribution in [0.4, 0.5) is 8.78 Å². The van der Waals surface area contributed by atoms with Crippen LogP contribution < -0.4 is 0 Å². The van der Waals surface area contributed by atoms with Crippen molar-refractivity contribution in [2.24, 2.45) is 23.7 Å². The first-order valence-corrected chi connectivity index (χ1v) is 17.7. The highest BCUT2D eigenvalue weighted by Crippen LogP contribution is 2.60. The molecule has 0 aromatic heterocycles. The Balaban J connectivity index is 0.000000192. The third kappa shape index (κ3) is 7.21. The van der Waals surface area contributed by atoms with Gasteiger partial charge < -0.3 is 14.0 Å². The lowest BCUT2D eigenvalue weighted by atomic mass is 9.49. The third-order valence-corrected chi connectivity index (χ3v) is 12.0. The van der Waals surface area contributed by atoms with Crippen LogP contribution in [0.25, 0.3) is 0 Å². The Morgan fingerprint density at radius 2 is 1.30 bits per heavy atom. The monoisotopic (exact) mass is 670 g/mol. The Labute approximate surface area is 271 Å². The van der Waals surface area contributed by atoms with E-state index in [9.17, 15) is 31.3 Å². The summed E-state index contributed by atoms with van der Waals surface area (Å²) in [6.45, 7) is 4.52. The summed E-state index contributed by atoms with van der Waals surface area (Å²) in [6.07, 6.45) is 3.71. The SMILES string of the molecule is C=C(C)C(=O)OC12CC3CC(CC(C3)C1COC(=O)C(F)(F)S(=O)(=O)[O-])C2.c1ccc([S+](c2ccccc2)c2ccccc2)cc1. The number of halogens is 2. The van der Waals surface area contributed by atoms with Crippen molar-refractivity contribution in [3.63, 3.8) is 0 Å². The third-order valence-electron chi connectivity index (χ3n) is 8.98. The molecule has 0 spiro atoms. The Morgan fingerprint density at radius 1 is 0.870 bits per heavy atom. The van der Waals surface area contributed by atoms with Gasteiger partial charge in [-0.3, -0.25) is 0 Å². The van der Waals surface area contributed by atoms with Gasteiger partial charge in [0, 0.05) is 11.5 Å². The molecule has 0 aliphatic heterocycles. The molecule has 4 fully saturated rings. The molecule has 3 atom stereocenters. The van der Waals surface area contributed by atoms with E-state index in [1.54, 1.807) is 0 Å². The van der Waals surface area contributed by atoms with Gasteiger partial charge in [0.2, 0.25) is 0 Å². The summed E-state index contributed by atoms with van der Waals surface area (Å²) < 4.78 is 68.8. The normalized spacial score (nSPS) is 24.9. The molecule has 46 heavy (non-hydrogen) atoms. The van der Waals surface area contributed by atoms with Gasteiger partial charge in [0.05, 0.1) is 17.5 Å². The molecule has 0 N–H and O–H groups in total. The molecule has 0 amide bonds. The van der Waals surface area contributed by atoms with E-state index in [1.807, 2.05) is 0 Å². The minimum atomic E-state index is -6.18. The lowest BCUT2D eigenvalue weighted by molar-refractivity contribution is -0.215. The first-order valence-electron chi connectivity index (χ1n) is 15.1. The summed E-state index contributed by atoms with van der Waals surface area (Å²) in [7, 11) is -6.19. The van der Waals surface area contributed by atoms with Gasteiger partial charge in [-0.1, -0.05) is 61.2 Å². The van der Waals surface area contributed by atoms with Crippen LogP contribution in [0.15, 0.2) is 118 Å². The van der Waals surface area contributed by atoms with Gasteiger partial charge in [0.25, 0.3) is 0 Å². The first-order chi connectivity index (χ1) is 21.8. The number of alkyl halides is 2. The van der Waals surface area contributed by atoms with Crippen LogP contribution in [0.3, 0.4) is 0 Å². The van der Waals surface area contributed by atoms with E-state index in [0.717, 1.165) is 19.3 Å². The standard InChI is InChI=1S/C18H15S.C17H22F2O7S/c1-4-10-16(11-5-1)19(17-12-6-2-7-13-17)18-14-8-3-9-15-18;1-9(2)14(20)26-16-6-10-3-11(7-16)5-12(4-10)13(16)8-25-15(21)17(18,19)27(22,23)24/h1-15H;10-13H,1,3-8H2,2H3,(H,22,23,24)/q+1;/p-1. The predicted molar refractivity (Wildman–Crippen MR) is 168 cm³/mol. The second-order valence-electron chi connectivity index (χ2n) is 12.3. The van der Waals surface area contributed by atoms with Crippen molar-refractivity contribution in [1.82, 2.24) is 0 Å². The van der Waals surface area contributed by atoms with Gasteiger partial charge in [-0.2, -0.15) is 8.78 Å². The van der Waals surface area contributed by atoms with Gasteiger partial charge in [0.15, 0.2) is 24.8 Å². The molecule has 244 valence electrons. The molecule has 4 saturated carbocycles. The molecule has 4 bridgehead atoms.